The number of phenols is 1. The highest BCUT2D eigenvalue weighted by Gasteiger charge is 2.32. The summed E-state index contributed by atoms with van der Waals surface area (Å²) in [7, 11) is 0. The van der Waals surface area contributed by atoms with Crippen LogP contribution in [0.4, 0.5) is 0 Å². The first-order valence-corrected chi connectivity index (χ1v) is 7.35. The van der Waals surface area contributed by atoms with E-state index in [2.05, 4.69) is 5.32 Å². The minimum atomic E-state index is -1.23. The molecule has 0 aliphatic rings. The van der Waals surface area contributed by atoms with Crippen LogP contribution in [0.15, 0.2) is 24.3 Å². The van der Waals surface area contributed by atoms with Crippen LogP contribution in [0.5, 0.6) is 5.75 Å². The van der Waals surface area contributed by atoms with Gasteiger partial charge in [-0.25, -0.2) is 4.79 Å². The first-order valence-electron chi connectivity index (χ1n) is 7.35. The Labute approximate surface area is 140 Å². The zero-order valence-electron chi connectivity index (χ0n) is 13.8. The summed E-state index contributed by atoms with van der Waals surface area (Å²) in [6, 6.07) is 5.52. The lowest BCUT2D eigenvalue weighted by Gasteiger charge is -2.27. The number of carbonyl (C=O) groups excluding carboxylic acids is 1. The van der Waals surface area contributed by atoms with E-state index in [9.17, 15) is 14.7 Å². The average molecular weight is 343 g/mol. The van der Waals surface area contributed by atoms with Crippen molar-refractivity contribution in [2.45, 2.75) is 26.4 Å². The third kappa shape index (κ3) is 7.91. The largest absolute Gasteiger partial charge is 0.508 e. The number of amides is 1. The summed E-state index contributed by atoms with van der Waals surface area (Å²) >= 11 is 0. The number of aliphatic hydroxyl groups is 3. The van der Waals surface area contributed by atoms with Crippen molar-refractivity contribution in [1.29, 1.82) is 0 Å². The number of hydrogen-bond acceptors (Lipinski definition) is 6. The van der Waals surface area contributed by atoms with Crippen LogP contribution in [0, 0.1) is 5.41 Å². The molecule has 0 heterocycles. The maximum Gasteiger partial charge on any atom is 0.335 e. The summed E-state index contributed by atoms with van der Waals surface area (Å²) in [6.07, 6.45) is -0.774. The zero-order chi connectivity index (χ0) is 18.8. The molecule has 0 fully saturated rings. The molecule has 1 aromatic carbocycles. The van der Waals surface area contributed by atoms with E-state index in [-0.39, 0.29) is 24.5 Å². The van der Waals surface area contributed by atoms with Gasteiger partial charge in [0.25, 0.3) is 0 Å². The van der Waals surface area contributed by atoms with E-state index in [0.29, 0.717) is 13.0 Å². The van der Waals surface area contributed by atoms with Crippen molar-refractivity contribution >= 4 is 11.9 Å². The molecule has 0 aliphatic heterocycles. The fraction of sp³-hybridized carbons (Fsp3) is 0.500. The van der Waals surface area contributed by atoms with Gasteiger partial charge in [0.05, 0.1) is 12.2 Å². The van der Waals surface area contributed by atoms with Crippen LogP contribution >= 0.6 is 0 Å². The van der Waals surface area contributed by atoms with Gasteiger partial charge in [-0.05, 0) is 24.6 Å². The molecule has 0 aliphatic carbocycles. The molecule has 24 heavy (non-hydrogen) atoms. The number of hydrogen-bond donors (Lipinski definition) is 6. The Morgan fingerprint density at radius 1 is 1.25 bits per heavy atom. The van der Waals surface area contributed by atoms with Crippen molar-refractivity contribution < 1.29 is 35.1 Å². The van der Waals surface area contributed by atoms with Crippen molar-refractivity contribution in [3.63, 3.8) is 0 Å². The highest BCUT2D eigenvalue weighted by Crippen LogP contribution is 2.19. The van der Waals surface area contributed by atoms with E-state index >= 15 is 0 Å². The number of aliphatic hydroxyl groups excluding tert-OH is 3. The third-order valence-corrected chi connectivity index (χ3v) is 3.12. The highest BCUT2D eigenvalue weighted by atomic mass is 16.4. The molecule has 1 aromatic rings. The van der Waals surface area contributed by atoms with Crippen LogP contribution in [0.3, 0.4) is 0 Å². The molecule has 136 valence electrons. The lowest BCUT2D eigenvalue weighted by Crippen LogP contribution is -2.45. The molecule has 1 rings (SSSR count). The second-order valence-corrected chi connectivity index (χ2v) is 5.77. The smallest absolute Gasteiger partial charge is 0.335 e. The highest BCUT2D eigenvalue weighted by molar-refractivity contribution is 5.87. The van der Waals surface area contributed by atoms with Crippen LogP contribution in [0.1, 0.15) is 30.6 Å². The van der Waals surface area contributed by atoms with Gasteiger partial charge in [-0.15, -0.1) is 0 Å². The molecule has 1 unspecified atom stereocenters. The van der Waals surface area contributed by atoms with Crippen LogP contribution in [-0.4, -0.2) is 63.3 Å². The summed E-state index contributed by atoms with van der Waals surface area (Å²) in [6.45, 7) is 3.27. The molecule has 0 radical (unpaired) electrons. The Morgan fingerprint density at radius 2 is 1.88 bits per heavy atom. The maximum absolute atomic E-state index is 11.3. The Morgan fingerprint density at radius 3 is 2.29 bits per heavy atom. The maximum atomic E-state index is 11.3. The number of carbonyl (C=O) groups is 2. The molecule has 1 atom stereocenters. The summed E-state index contributed by atoms with van der Waals surface area (Å²) in [5.74, 6) is -1.58. The Balaban J connectivity index is 0.000000463. The number of aromatic hydroxyl groups is 1. The summed E-state index contributed by atoms with van der Waals surface area (Å²) in [5, 5.41) is 46.5. The first kappa shape index (κ1) is 21.8. The summed E-state index contributed by atoms with van der Waals surface area (Å²) in [5.41, 5.74) is -0.747. The van der Waals surface area contributed by atoms with E-state index in [0.717, 1.165) is 0 Å². The van der Waals surface area contributed by atoms with Gasteiger partial charge >= 0.3 is 5.97 Å². The van der Waals surface area contributed by atoms with Crippen LogP contribution < -0.4 is 5.32 Å². The van der Waals surface area contributed by atoms with Gasteiger partial charge in [-0.3, -0.25) is 4.79 Å². The van der Waals surface area contributed by atoms with Crippen molar-refractivity contribution in [1.82, 2.24) is 5.32 Å². The number of carboxylic acids is 1. The van der Waals surface area contributed by atoms with Crippen LogP contribution in [-0.2, 0) is 4.79 Å². The number of phenolic OH excluding ortho intramolecular Hbond substituents is 1. The Bertz CT molecular complexity index is 531. The Hall–Kier alpha value is -2.16. The molecule has 0 bridgehead atoms. The Kier molecular flexibility index (Phi) is 9.63. The quantitative estimate of drug-likeness (QED) is 0.380. The van der Waals surface area contributed by atoms with Gasteiger partial charge in [0.2, 0.25) is 5.91 Å². The molecule has 0 saturated heterocycles. The number of benzene rings is 1. The predicted octanol–water partition coefficient (Wildman–Crippen LogP) is -0.0452. The monoisotopic (exact) mass is 343 g/mol. The lowest BCUT2D eigenvalue weighted by molar-refractivity contribution is -0.137. The fourth-order valence-electron chi connectivity index (χ4n) is 1.47. The molecule has 8 nitrogen and oxygen atoms in total. The van der Waals surface area contributed by atoms with Crippen molar-refractivity contribution in [2.75, 3.05) is 19.8 Å². The van der Waals surface area contributed by atoms with E-state index < -0.39 is 23.4 Å². The van der Waals surface area contributed by atoms with Crippen molar-refractivity contribution in [3.05, 3.63) is 29.8 Å². The SMILES string of the molecule is CC(C)(CO)C(O)C(=O)NCCCO.O=C(O)c1cccc(O)c1. The van der Waals surface area contributed by atoms with E-state index in [1.165, 1.54) is 24.3 Å². The predicted molar refractivity (Wildman–Crippen MR) is 86.7 cm³/mol. The van der Waals surface area contributed by atoms with Gasteiger partial charge in [-0.1, -0.05) is 19.9 Å². The second-order valence-electron chi connectivity index (χ2n) is 5.77. The number of rotatable bonds is 7. The first-order chi connectivity index (χ1) is 11.2. The zero-order valence-corrected chi connectivity index (χ0v) is 13.8. The molecular weight excluding hydrogens is 318 g/mol. The molecule has 6 N–H and O–H groups in total. The normalized spacial score (nSPS) is 11.9. The summed E-state index contributed by atoms with van der Waals surface area (Å²) in [4.78, 5) is 21.5. The molecule has 0 aromatic heterocycles. The van der Waals surface area contributed by atoms with Crippen LogP contribution in [0.25, 0.3) is 0 Å². The number of nitrogens with one attached hydrogen (secondary N) is 1. The van der Waals surface area contributed by atoms with Gasteiger partial charge in [0, 0.05) is 18.6 Å². The summed E-state index contributed by atoms with van der Waals surface area (Å²) < 4.78 is 0. The van der Waals surface area contributed by atoms with Gasteiger partial charge in [-0.2, -0.15) is 0 Å². The average Bonchev–Trinajstić information content (AvgIpc) is 2.54. The number of carboxylic acid groups (broad SMARTS) is 1. The molecule has 8 heteroatoms. The topological polar surface area (TPSA) is 147 Å². The molecule has 0 saturated carbocycles. The van der Waals surface area contributed by atoms with Crippen molar-refractivity contribution in [2.24, 2.45) is 5.41 Å². The standard InChI is InChI=1S/C9H19NO4.C7H6O3/c1-9(2,6-12)7(13)8(14)10-4-3-5-11;8-6-3-1-2-5(4-6)7(9)10/h7,11-13H,3-6H2,1-2H3,(H,10,14);1-4,8H,(H,9,10). The lowest BCUT2D eigenvalue weighted by atomic mass is 9.87. The molecule has 1 amide bonds. The minimum Gasteiger partial charge on any atom is -0.508 e. The minimum absolute atomic E-state index is 0.000230. The molecule has 0 spiro atoms. The van der Waals surface area contributed by atoms with E-state index in [1.54, 1.807) is 13.8 Å². The third-order valence-electron chi connectivity index (χ3n) is 3.12. The van der Waals surface area contributed by atoms with Gasteiger partial charge in [0.1, 0.15) is 11.9 Å². The second kappa shape index (κ2) is 10.6. The number of aromatic carboxylic acids is 1. The van der Waals surface area contributed by atoms with E-state index in [1.807, 2.05) is 0 Å². The van der Waals surface area contributed by atoms with Crippen LogP contribution in [0.2, 0.25) is 0 Å². The molecular formula is C16H25NO7. The fourth-order valence-corrected chi connectivity index (χ4v) is 1.47. The van der Waals surface area contributed by atoms with E-state index in [4.69, 9.17) is 20.4 Å². The van der Waals surface area contributed by atoms with Gasteiger partial charge < -0.3 is 30.8 Å². The van der Waals surface area contributed by atoms with Crippen molar-refractivity contribution in [3.8, 4) is 5.75 Å². The van der Waals surface area contributed by atoms with Gasteiger partial charge in [0.15, 0.2) is 0 Å².